The molecule has 0 aromatic heterocycles. The number of rotatable bonds is 4. The van der Waals surface area contributed by atoms with Gasteiger partial charge in [0.15, 0.2) is 0 Å². The van der Waals surface area contributed by atoms with Gasteiger partial charge in [-0.15, -0.1) is 0 Å². The molecule has 0 unspecified atom stereocenters. The summed E-state index contributed by atoms with van der Waals surface area (Å²) in [4.78, 5) is 26.2. The zero-order valence-electron chi connectivity index (χ0n) is 15.7. The lowest BCUT2D eigenvalue weighted by molar-refractivity contribution is -0.127. The van der Waals surface area contributed by atoms with Gasteiger partial charge in [0.1, 0.15) is 22.7 Å². The predicted molar refractivity (Wildman–Crippen MR) is 101 cm³/mol. The van der Waals surface area contributed by atoms with Gasteiger partial charge in [-0.05, 0) is 56.4 Å². The molecule has 2 aliphatic carbocycles. The Hall–Kier alpha value is -1.89. The van der Waals surface area contributed by atoms with Gasteiger partial charge < -0.3 is 15.5 Å². The highest BCUT2D eigenvalue weighted by Gasteiger charge is 2.45. The molecule has 1 heterocycles. The van der Waals surface area contributed by atoms with Crippen molar-refractivity contribution in [2.45, 2.75) is 44.7 Å². The van der Waals surface area contributed by atoms with Gasteiger partial charge in [0, 0.05) is 18.7 Å². The average molecular weight is 412 g/mol. The van der Waals surface area contributed by atoms with E-state index in [9.17, 15) is 18.4 Å². The second kappa shape index (κ2) is 7.50. The van der Waals surface area contributed by atoms with E-state index in [1.54, 1.807) is 6.92 Å². The van der Waals surface area contributed by atoms with Crippen molar-refractivity contribution in [2.75, 3.05) is 13.1 Å². The standard InChI is InChI=1S/C20H24ClF2N3O2/c1-10-19(27)24-6-7-26(10)20(28)25-18(13-8-12(9-13)11-2-3-11)14-4-5-15(22)16(21)17(14)23/h4-5,10-13,18H,2-3,6-9H2,1H3,(H,24,27)(H,25,28)/t10-,12-,13+,18-/m1/s1. The van der Waals surface area contributed by atoms with E-state index in [1.807, 2.05) is 0 Å². The maximum atomic E-state index is 14.7. The van der Waals surface area contributed by atoms with E-state index in [0.29, 0.717) is 19.0 Å². The quantitative estimate of drug-likeness (QED) is 0.743. The first kappa shape index (κ1) is 19.4. The molecule has 3 amide bonds. The number of nitrogens with one attached hydrogen (secondary N) is 2. The van der Waals surface area contributed by atoms with E-state index in [1.165, 1.54) is 23.8 Å². The summed E-state index contributed by atoms with van der Waals surface area (Å²) in [5, 5.41) is 5.07. The second-order valence-corrected chi connectivity index (χ2v) is 8.56. The number of amides is 3. The minimum atomic E-state index is -0.828. The van der Waals surface area contributed by atoms with Gasteiger partial charge >= 0.3 is 6.03 Å². The number of hydrogen-bond donors (Lipinski definition) is 2. The Morgan fingerprint density at radius 1 is 1.29 bits per heavy atom. The van der Waals surface area contributed by atoms with E-state index in [2.05, 4.69) is 10.6 Å². The molecule has 0 radical (unpaired) electrons. The third-order valence-corrected chi connectivity index (χ3v) is 6.76. The van der Waals surface area contributed by atoms with Crippen molar-refractivity contribution in [3.8, 4) is 0 Å². The molecule has 5 nitrogen and oxygen atoms in total. The largest absolute Gasteiger partial charge is 0.353 e. The van der Waals surface area contributed by atoms with Crippen LogP contribution in [0, 0.1) is 29.4 Å². The number of halogens is 3. The van der Waals surface area contributed by atoms with Crippen LogP contribution in [-0.2, 0) is 4.79 Å². The topological polar surface area (TPSA) is 61.4 Å². The van der Waals surface area contributed by atoms with Gasteiger partial charge in [0.2, 0.25) is 5.91 Å². The van der Waals surface area contributed by atoms with Gasteiger partial charge in [-0.3, -0.25) is 4.79 Å². The minimum Gasteiger partial charge on any atom is -0.353 e. The fraction of sp³-hybridized carbons (Fsp3) is 0.600. The fourth-order valence-corrected chi connectivity index (χ4v) is 4.61. The summed E-state index contributed by atoms with van der Waals surface area (Å²) < 4.78 is 28.4. The molecular formula is C20H24ClF2N3O2. The molecule has 0 spiro atoms. The van der Waals surface area contributed by atoms with E-state index in [4.69, 9.17) is 11.6 Å². The van der Waals surface area contributed by atoms with Gasteiger partial charge in [-0.25, -0.2) is 13.6 Å². The number of benzene rings is 1. The maximum Gasteiger partial charge on any atom is 0.318 e. The molecule has 3 aliphatic rings. The summed E-state index contributed by atoms with van der Waals surface area (Å²) in [6.07, 6.45) is 4.29. The van der Waals surface area contributed by atoms with Crippen LogP contribution < -0.4 is 10.6 Å². The zero-order valence-corrected chi connectivity index (χ0v) is 16.4. The van der Waals surface area contributed by atoms with Crippen LogP contribution in [0.15, 0.2) is 12.1 Å². The van der Waals surface area contributed by atoms with Crippen molar-refractivity contribution in [3.63, 3.8) is 0 Å². The van der Waals surface area contributed by atoms with Crippen LogP contribution in [0.4, 0.5) is 13.6 Å². The molecule has 3 fully saturated rings. The summed E-state index contributed by atoms with van der Waals surface area (Å²) in [5.41, 5.74) is 0.202. The van der Waals surface area contributed by atoms with Crippen LogP contribution in [0.3, 0.4) is 0 Å². The van der Waals surface area contributed by atoms with E-state index in [0.717, 1.165) is 24.8 Å². The molecule has 1 aliphatic heterocycles. The molecule has 152 valence electrons. The molecule has 2 N–H and O–H groups in total. The summed E-state index contributed by atoms with van der Waals surface area (Å²) in [5.74, 6) is -0.431. The summed E-state index contributed by atoms with van der Waals surface area (Å²) in [6, 6.07) is 0.878. The van der Waals surface area contributed by atoms with Crippen molar-refractivity contribution >= 4 is 23.5 Å². The molecule has 1 aromatic carbocycles. The average Bonchev–Trinajstić information content (AvgIpc) is 3.45. The van der Waals surface area contributed by atoms with Crippen LogP contribution >= 0.6 is 11.6 Å². The maximum absolute atomic E-state index is 14.7. The van der Waals surface area contributed by atoms with E-state index < -0.39 is 34.8 Å². The molecular weight excluding hydrogens is 388 g/mol. The number of hydrogen-bond acceptors (Lipinski definition) is 2. The number of carbonyl (C=O) groups is 2. The highest BCUT2D eigenvalue weighted by Crippen LogP contribution is 2.53. The monoisotopic (exact) mass is 411 g/mol. The summed E-state index contributed by atoms with van der Waals surface area (Å²) in [7, 11) is 0. The molecule has 8 heteroatoms. The van der Waals surface area contributed by atoms with Crippen molar-refractivity contribution < 1.29 is 18.4 Å². The molecule has 2 atom stereocenters. The fourth-order valence-electron chi connectivity index (χ4n) is 4.44. The molecule has 1 aromatic rings. The lowest BCUT2D eigenvalue weighted by atomic mass is 9.67. The van der Waals surface area contributed by atoms with Crippen molar-refractivity contribution in [1.29, 1.82) is 0 Å². The molecule has 2 saturated carbocycles. The zero-order chi connectivity index (χ0) is 20.0. The predicted octanol–water partition coefficient (Wildman–Crippen LogP) is 3.63. The summed E-state index contributed by atoms with van der Waals surface area (Å²) in [6.45, 7) is 2.42. The third-order valence-electron chi connectivity index (χ3n) is 6.41. The lowest BCUT2D eigenvalue weighted by Crippen LogP contribution is -2.59. The van der Waals surface area contributed by atoms with Crippen molar-refractivity contribution in [3.05, 3.63) is 34.4 Å². The van der Waals surface area contributed by atoms with Gasteiger partial charge in [-0.2, -0.15) is 0 Å². The first-order valence-corrected chi connectivity index (χ1v) is 10.2. The highest BCUT2D eigenvalue weighted by atomic mass is 35.5. The molecule has 28 heavy (non-hydrogen) atoms. The normalized spacial score (nSPS) is 28.4. The van der Waals surface area contributed by atoms with Crippen LogP contribution in [0.1, 0.15) is 44.2 Å². The van der Waals surface area contributed by atoms with Crippen LogP contribution in [0.5, 0.6) is 0 Å². The van der Waals surface area contributed by atoms with Crippen LogP contribution in [-0.4, -0.2) is 36.0 Å². The Bertz CT molecular complexity index is 796. The Kier molecular flexibility index (Phi) is 5.21. The second-order valence-electron chi connectivity index (χ2n) is 8.18. The van der Waals surface area contributed by atoms with E-state index in [-0.39, 0.29) is 17.4 Å². The smallest absolute Gasteiger partial charge is 0.318 e. The molecule has 0 bridgehead atoms. The SMILES string of the molecule is C[C@@H]1C(=O)NCCN1C(=O)N[C@@H](c1ccc(F)c(Cl)c1F)[C@H]1C[C@@H](C2CC2)C1. The van der Waals surface area contributed by atoms with Gasteiger partial charge in [-0.1, -0.05) is 17.7 Å². The first-order chi connectivity index (χ1) is 13.4. The minimum absolute atomic E-state index is 0.0690. The van der Waals surface area contributed by atoms with Crippen LogP contribution in [0.2, 0.25) is 5.02 Å². The van der Waals surface area contributed by atoms with Crippen molar-refractivity contribution in [2.24, 2.45) is 17.8 Å². The van der Waals surface area contributed by atoms with E-state index >= 15 is 0 Å². The Morgan fingerprint density at radius 3 is 2.68 bits per heavy atom. The Balaban J connectivity index is 1.56. The molecule has 4 rings (SSSR count). The van der Waals surface area contributed by atoms with Crippen LogP contribution in [0.25, 0.3) is 0 Å². The first-order valence-electron chi connectivity index (χ1n) is 9.85. The number of piperazine rings is 1. The molecule has 1 saturated heterocycles. The van der Waals surface area contributed by atoms with Crippen molar-refractivity contribution in [1.82, 2.24) is 15.5 Å². The third kappa shape index (κ3) is 3.56. The Morgan fingerprint density at radius 2 is 2.00 bits per heavy atom. The highest BCUT2D eigenvalue weighted by molar-refractivity contribution is 6.31. The number of carbonyl (C=O) groups excluding carboxylic acids is 2. The lowest BCUT2D eigenvalue weighted by Gasteiger charge is -2.42. The van der Waals surface area contributed by atoms with Gasteiger partial charge in [0.25, 0.3) is 0 Å². The number of nitrogens with zero attached hydrogens (tertiary/aromatic N) is 1. The Labute approximate surface area is 167 Å². The summed E-state index contributed by atoms with van der Waals surface area (Å²) >= 11 is 5.78. The number of urea groups is 1. The van der Waals surface area contributed by atoms with Gasteiger partial charge in [0.05, 0.1) is 6.04 Å².